The minimum Gasteiger partial charge on any atom is -0.361 e. The highest BCUT2D eigenvalue weighted by molar-refractivity contribution is 7.90. The van der Waals surface area contributed by atoms with E-state index in [0.717, 1.165) is 16.8 Å². The summed E-state index contributed by atoms with van der Waals surface area (Å²) in [6.07, 6.45) is 2.81. The van der Waals surface area contributed by atoms with E-state index in [9.17, 15) is 8.42 Å². The molecule has 1 aromatic carbocycles. The van der Waals surface area contributed by atoms with E-state index in [1.54, 1.807) is 30.5 Å². The Balaban J connectivity index is 2.00. The Kier molecular flexibility index (Phi) is 4.53. The Bertz CT molecular complexity index is 1030. The van der Waals surface area contributed by atoms with Crippen LogP contribution in [0.2, 0.25) is 5.15 Å². The van der Waals surface area contributed by atoms with Gasteiger partial charge in [-0.25, -0.2) is 13.4 Å². The average Bonchev–Trinajstić information content (AvgIpc) is 2.88. The van der Waals surface area contributed by atoms with Crippen molar-refractivity contribution in [1.82, 2.24) is 10.1 Å². The van der Waals surface area contributed by atoms with E-state index in [4.69, 9.17) is 16.1 Å². The van der Waals surface area contributed by atoms with Crippen LogP contribution in [0.4, 0.5) is 11.4 Å². The first-order chi connectivity index (χ1) is 11.8. The molecule has 0 bridgehead atoms. The molecule has 6 nitrogen and oxygen atoms in total. The summed E-state index contributed by atoms with van der Waals surface area (Å²) in [4.78, 5) is 4.43. The lowest BCUT2D eigenvalue weighted by atomic mass is 10.1. The highest BCUT2D eigenvalue weighted by atomic mass is 35.5. The fourth-order valence-electron chi connectivity index (χ4n) is 2.53. The van der Waals surface area contributed by atoms with Gasteiger partial charge in [-0.2, -0.15) is 0 Å². The van der Waals surface area contributed by atoms with Gasteiger partial charge in [0, 0.05) is 29.3 Å². The molecule has 0 radical (unpaired) electrons. The summed E-state index contributed by atoms with van der Waals surface area (Å²) in [6.45, 7) is 3.68. The van der Waals surface area contributed by atoms with Crippen LogP contribution in [0.15, 0.2) is 45.9 Å². The van der Waals surface area contributed by atoms with Crippen LogP contribution in [0.3, 0.4) is 0 Å². The third-order valence-electron chi connectivity index (χ3n) is 3.70. The predicted octanol–water partition coefficient (Wildman–Crippen LogP) is 4.15. The lowest BCUT2D eigenvalue weighted by Gasteiger charge is -2.11. The van der Waals surface area contributed by atoms with Crippen LogP contribution in [-0.4, -0.2) is 24.8 Å². The molecule has 2 aromatic heterocycles. The summed E-state index contributed by atoms with van der Waals surface area (Å²) < 4.78 is 28.6. The minimum atomic E-state index is -3.29. The van der Waals surface area contributed by atoms with Gasteiger partial charge >= 0.3 is 0 Å². The molecule has 0 aliphatic carbocycles. The van der Waals surface area contributed by atoms with Crippen LogP contribution in [0.5, 0.6) is 0 Å². The zero-order valence-electron chi connectivity index (χ0n) is 13.9. The van der Waals surface area contributed by atoms with Crippen molar-refractivity contribution in [1.29, 1.82) is 0 Å². The quantitative estimate of drug-likeness (QED) is 0.687. The van der Waals surface area contributed by atoms with Gasteiger partial charge in [-0.1, -0.05) is 22.8 Å². The van der Waals surface area contributed by atoms with Gasteiger partial charge in [0.1, 0.15) is 5.76 Å². The fraction of sp³-hybridized carbons (Fsp3) is 0.176. The van der Waals surface area contributed by atoms with E-state index >= 15 is 0 Å². The van der Waals surface area contributed by atoms with Crippen molar-refractivity contribution in [2.45, 2.75) is 18.7 Å². The molecule has 0 aliphatic heterocycles. The molecule has 0 unspecified atom stereocenters. The van der Waals surface area contributed by atoms with Crippen LogP contribution in [0.25, 0.3) is 11.1 Å². The topological polar surface area (TPSA) is 85.1 Å². The average molecular weight is 378 g/mol. The number of hydrogen-bond donors (Lipinski definition) is 1. The predicted molar refractivity (Wildman–Crippen MR) is 97.1 cm³/mol. The SMILES string of the molecule is Cc1noc(C)c1-c1cnc(Cl)c(Nc2cccc(S(C)(=O)=O)c2)c1. The Morgan fingerprint density at radius 3 is 2.60 bits per heavy atom. The Hall–Kier alpha value is -2.38. The van der Waals surface area contributed by atoms with E-state index < -0.39 is 9.84 Å². The number of sulfone groups is 1. The molecule has 2 heterocycles. The van der Waals surface area contributed by atoms with Crippen LogP contribution >= 0.6 is 11.6 Å². The second-order valence-corrected chi connectivity index (χ2v) is 8.06. The van der Waals surface area contributed by atoms with Crippen molar-refractivity contribution in [2.75, 3.05) is 11.6 Å². The largest absolute Gasteiger partial charge is 0.361 e. The third-order valence-corrected chi connectivity index (χ3v) is 5.11. The smallest absolute Gasteiger partial charge is 0.175 e. The number of nitrogens with zero attached hydrogens (tertiary/aromatic N) is 2. The van der Waals surface area contributed by atoms with E-state index in [0.29, 0.717) is 17.1 Å². The van der Waals surface area contributed by atoms with E-state index in [1.807, 2.05) is 19.9 Å². The number of benzene rings is 1. The molecule has 3 aromatic rings. The van der Waals surface area contributed by atoms with Gasteiger partial charge in [0.05, 0.1) is 16.3 Å². The number of rotatable bonds is 4. The monoisotopic (exact) mass is 377 g/mol. The molecular weight excluding hydrogens is 362 g/mol. The summed E-state index contributed by atoms with van der Waals surface area (Å²) in [7, 11) is -3.29. The van der Waals surface area contributed by atoms with Crippen LogP contribution < -0.4 is 5.32 Å². The van der Waals surface area contributed by atoms with Gasteiger partial charge in [-0.15, -0.1) is 0 Å². The second-order valence-electron chi connectivity index (χ2n) is 5.69. The minimum absolute atomic E-state index is 0.225. The summed E-state index contributed by atoms with van der Waals surface area (Å²) in [5.74, 6) is 0.687. The lowest BCUT2D eigenvalue weighted by molar-refractivity contribution is 0.393. The van der Waals surface area contributed by atoms with Crippen molar-refractivity contribution in [3.05, 3.63) is 53.1 Å². The zero-order chi connectivity index (χ0) is 18.2. The first-order valence-corrected chi connectivity index (χ1v) is 9.68. The Labute approximate surface area is 150 Å². The maximum absolute atomic E-state index is 11.7. The Morgan fingerprint density at radius 2 is 1.96 bits per heavy atom. The van der Waals surface area contributed by atoms with Crippen LogP contribution in [0, 0.1) is 13.8 Å². The molecule has 0 aliphatic rings. The number of halogens is 1. The number of aromatic nitrogens is 2. The number of pyridine rings is 1. The molecule has 0 spiro atoms. The number of anilines is 2. The Morgan fingerprint density at radius 1 is 1.20 bits per heavy atom. The van der Waals surface area contributed by atoms with Crippen molar-refractivity contribution in [3.63, 3.8) is 0 Å². The van der Waals surface area contributed by atoms with E-state index in [2.05, 4.69) is 15.5 Å². The maximum Gasteiger partial charge on any atom is 0.175 e. The van der Waals surface area contributed by atoms with Crippen molar-refractivity contribution in [3.8, 4) is 11.1 Å². The molecule has 0 saturated heterocycles. The summed E-state index contributed by atoms with van der Waals surface area (Å²) in [6, 6.07) is 8.34. The second kappa shape index (κ2) is 6.50. The zero-order valence-corrected chi connectivity index (χ0v) is 15.4. The molecule has 0 atom stereocenters. The highest BCUT2D eigenvalue weighted by Crippen LogP contribution is 2.32. The first-order valence-electron chi connectivity index (χ1n) is 7.41. The van der Waals surface area contributed by atoms with Gasteiger partial charge in [0.15, 0.2) is 15.0 Å². The first kappa shape index (κ1) is 17.4. The highest BCUT2D eigenvalue weighted by Gasteiger charge is 2.14. The molecule has 0 amide bonds. The summed E-state index contributed by atoms with van der Waals surface area (Å²) in [5.41, 5.74) is 3.58. The number of hydrogen-bond acceptors (Lipinski definition) is 6. The molecule has 3 rings (SSSR count). The molecule has 0 fully saturated rings. The van der Waals surface area contributed by atoms with Gasteiger partial charge in [-0.05, 0) is 38.1 Å². The van der Waals surface area contributed by atoms with E-state index in [-0.39, 0.29) is 10.0 Å². The summed E-state index contributed by atoms with van der Waals surface area (Å²) in [5, 5.41) is 7.34. The van der Waals surface area contributed by atoms with Crippen molar-refractivity contribution in [2.24, 2.45) is 0 Å². The van der Waals surface area contributed by atoms with Crippen LogP contribution in [-0.2, 0) is 9.84 Å². The third kappa shape index (κ3) is 3.67. The van der Waals surface area contributed by atoms with Crippen molar-refractivity contribution >= 4 is 32.8 Å². The normalized spacial score (nSPS) is 11.5. The van der Waals surface area contributed by atoms with E-state index in [1.165, 1.54) is 6.26 Å². The fourth-order valence-corrected chi connectivity index (χ4v) is 3.34. The van der Waals surface area contributed by atoms with Gasteiger partial charge in [0.25, 0.3) is 0 Å². The van der Waals surface area contributed by atoms with Crippen molar-refractivity contribution < 1.29 is 12.9 Å². The molecule has 130 valence electrons. The molecule has 25 heavy (non-hydrogen) atoms. The standard InChI is InChI=1S/C17H16ClN3O3S/c1-10-16(11(2)24-21-10)12-7-15(17(18)19-9-12)20-13-5-4-6-14(8-13)25(3,22)23/h4-9,20H,1-3H3. The molecular formula is C17H16ClN3O3S. The molecule has 1 N–H and O–H groups in total. The van der Waals surface area contributed by atoms with Gasteiger partial charge in [0.2, 0.25) is 0 Å². The van der Waals surface area contributed by atoms with Gasteiger partial charge < -0.3 is 9.84 Å². The van der Waals surface area contributed by atoms with Crippen LogP contribution in [0.1, 0.15) is 11.5 Å². The molecule has 0 saturated carbocycles. The lowest BCUT2D eigenvalue weighted by Crippen LogP contribution is -1.99. The summed E-state index contributed by atoms with van der Waals surface area (Å²) >= 11 is 6.19. The number of aryl methyl sites for hydroxylation is 2. The molecule has 8 heteroatoms. The maximum atomic E-state index is 11.7. The van der Waals surface area contributed by atoms with Gasteiger partial charge in [-0.3, -0.25) is 0 Å². The number of nitrogens with one attached hydrogen (secondary N) is 1.